The summed E-state index contributed by atoms with van der Waals surface area (Å²) in [7, 11) is 0. The number of aromatic nitrogens is 4. The van der Waals surface area contributed by atoms with Gasteiger partial charge in [-0.05, 0) is 13.8 Å². The quantitative estimate of drug-likeness (QED) is 0.788. The summed E-state index contributed by atoms with van der Waals surface area (Å²) >= 11 is 0. The van der Waals surface area contributed by atoms with Crippen LogP contribution in [0, 0.1) is 0 Å². The van der Waals surface area contributed by atoms with Crippen LogP contribution in [-0.4, -0.2) is 19.1 Å². The Balaban J connectivity index is 0.000000245. The van der Waals surface area contributed by atoms with Gasteiger partial charge in [-0.2, -0.15) is 0 Å². The molecule has 5 heteroatoms. The van der Waals surface area contributed by atoms with Crippen molar-refractivity contribution in [3.8, 4) is 0 Å². The smallest absolute Gasteiger partial charge is 0.0945 e. The van der Waals surface area contributed by atoms with E-state index in [0.29, 0.717) is 0 Å². The van der Waals surface area contributed by atoms with Crippen LogP contribution in [-0.2, 0) is 34.2 Å². The molecule has 2 aromatic heterocycles. The van der Waals surface area contributed by atoms with Crippen LogP contribution in [0.3, 0.4) is 0 Å². The van der Waals surface area contributed by atoms with Gasteiger partial charge in [0.2, 0.25) is 0 Å². The fourth-order valence-corrected chi connectivity index (χ4v) is 0.948. The Morgan fingerprint density at radius 2 is 1.27 bits per heavy atom. The molecule has 0 radical (unpaired) electrons. The van der Waals surface area contributed by atoms with E-state index in [2.05, 4.69) is 23.8 Å². The number of rotatable bonds is 2. The first-order valence-electron chi connectivity index (χ1n) is 4.78. The van der Waals surface area contributed by atoms with Crippen molar-refractivity contribution in [3.05, 3.63) is 37.4 Å². The number of imidazole rings is 2. The van der Waals surface area contributed by atoms with Crippen LogP contribution >= 0.6 is 0 Å². The predicted molar refractivity (Wildman–Crippen MR) is 55.8 cm³/mol. The molecule has 0 unspecified atom stereocenters. The molecule has 86 valence electrons. The molecule has 2 rings (SSSR count). The summed E-state index contributed by atoms with van der Waals surface area (Å²) in [5, 5.41) is 0. The topological polar surface area (TPSA) is 35.6 Å². The molecule has 2 heterocycles. The molecular weight excluding hydrogens is 371 g/mol. The van der Waals surface area contributed by atoms with Gasteiger partial charge in [0.25, 0.3) is 0 Å². The molecule has 0 spiro atoms. The Bertz CT molecular complexity index is 281. The van der Waals surface area contributed by atoms with Gasteiger partial charge in [-0.25, -0.2) is 9.97 Å². The van der Waals surface area contributed by atoms with Gasteiger partial charge in [-0.15, -0.1) is 0 Å². The second kappa shape index (κ2) is 8.42. The minimum atomic E-state index is 0. The summed E-state index contributed by atoms with van der Waals surface area (Å²) in [6.07, 6.45) is 11.1. The standard InChI is InChI=1S/2C5H8N2.Pt/c2*1-2-7-4-3-6-5-7;/h2*3-5H,2H2,1H3;. The second-order valence-corrected chi connectivity index (χ2v) is 2.79. The van der Waals surface area contributed by atoms with Gasteiger partial charge >= 0.3 is 0 Å². The van der Waals surface area contributed by atoms with Gasteiger partial charge in [0.05, 0.1) is 12.7 Å². The molecule has 0 aliphatic rings. The van der Waals surface area contributed by atoms with E-state index in [9.17, 15) is 0 Å². The van der Waals surface area contributed by atoms with Crippen LogP contribution in [0.15, 0.2) is 37.4 Å². The second-order valence-electron chi connectivity index (χ2n) is 2.79. The molecular formula is C10H16N4Pt. The molecule has 0 saturated carbocycles. The average Bonchev–Trinajstić information content (AvgIpc) is 2.92. The van der Waals surface area contributed by atoms with Gasteiger partial charge < -0.3 is 9.13 Å². The molecule has 2 aromatic rings. The minimum absolute atomic E-state index is 0. The molecule has 0 bridgehead atoms. The maximum atomic E-state index is 3.86. The van der Waals surface area contributed by atoms with E-state index < -0.39 is 0 Å². The Morgan fingerprint density at radius 3 is 1.40 bits per heavy atom. The van der Waals surface area contributed by atoms with E-state index in [1.54, 1.807) is 25.0 Å². The van der Waals surface area contributed by atoms with Crippen molar-refractivity contribution in [3.63, 3.8) is 0 Å². The molecule has 0 aliphatic carbocycles. The zero-order valence-corrected chi connectivity index (χ0v) is 11.3. The first kappa shape index (κ1) is 14.1. The summed E-state index contributed by atoms with van der Waals surface area (Å²) in [4.78, 5) is 7.71. The summed E-state index contributed by atoms with van der Waals surface area (Å²) in [5.41, 5.74) is 0. The van der Waals surface area contributed by atoms with Crippen molar-refractivity contribution in [1.29, 1.82) is 0 Å². The first-order valence-corrected chi connectivity index (χ1v) is 4.78. The number of hydrogen-bond acceptors (Lipinski definition) is 2. The van der Waals surface area contributed by atoms with Crippen molar-refractivity contribution in [1.82, 2.24) is 19.1 Å². The molecule has 15 heavy (non-hydrogen) atoms. The fraction of sp³-hybridized carbons (Fsp3) is 0.400. The molecule has 0 fully saturated rings. The largest absolute Gasteiger partial charge is 0.338 e. The van der Waals surface area contributed by atoms with E-state index >= 15 is 0 Å². The van der Waals surface area contributed by atoms with Gasteiger partial charge in [0.15, 0.2) is 0 Å². The van der Waals surface area contributed by atoms with Crippen LogP contribution in [0.4, 0.5) is 0 Å². The van der Waals surface area contributed by atoms with Crippen molar-refractivity contribution in [2.75, 3.05) is 0 Å². The molecule has 0 N–H and O–H groups in total. The molecule has 0 atom stereocenters. The molecule has 0 aromatic carbocycles. The zero-order valence-electron chi connectivity index (χ0n) is 8.98. The van der Waals surface area contributed by atoms with Crippen molar-refractivity contribution < 1.29 is 21.1 Å². The summed E-state index contributed by atoms with van der Waals surface area (Å²) in [6, 6.07) is 0. The fourth-order valence-electron chi connectivity index (χ4n) is 0.948. The van der Waals surface area contributed by atoms with Gasteiger partial charge in [-0.3, -0.25) is 0 Å². The van der Waals surface area contributed by atoms with Crippen LogP contribution < -0.4 is 0 Å². The monoisotopic (exact) mass is 387 g/mol. The Hall–Kier alpha value is -0.892. The van der Waals surface area contributed by atoms with Gasteiger partial charge in [0.1, 0.15) is 0 Å². The Kier molecular flexibility index (Phi) is 7.92. The third-order valence-corrected chi connectivity index (χ3v) is 1.85. The van der Waals surface area contributed by atoms with Crippen molar-refractivity contribution in [2.45, 2.75) is 26.9 Å². The van der Waals surface area contributed by atoms with Crippen molar-refractivity contribution in [2.24, 2.45) is 0 Å². The van der Waals surface area contributed by atoms with Crippen LogP contribution in [0.1, 0.15) is 13.8 Å². The van der Waals surface area contributed by atoms with Gasteiger partial charge in [-0.1, -0.05) is 0 Å². The van der Waals surface area contributed by atoms with Crippen molar-refractivity contribution >= 4 is 0 Å². The van der Waals surface area contributed by atoms with E-state index in [0.717, 1.165) is 13.1 Å². The van der Waals surface area contributed by atoms with Crippen LogP contribution in [0.5, 0.6) is 0 Å². The summed E-state index contributed by atoms with van der Waals surface area (Å²) < 4.78 is 4.03. The number of nitrogens with zero attached hydrogens (tertiary/aromatic N) is 4. The van der Waals surface area contributed by atoms with E-state index in [1.807, 2.05) is 21.5 Å². The van der Waals surface area contributed by atoms with Gasteiger partial charge in [0, 0.05) is 58.9 Å². The SMILES string of the molecule is CCn1ccnc1.CCn1ccnc1.[Pt]. The van der Waals surface area contributed by atoms with Crippen LogP contribution in [0.25, 0.3) is 0 Å². The Morgan fingerprint density at radius 1 is 0.867 bits per heavy atom. The molecule has 0 amide bonds. The normalized spacial score (nSPS) is 8.67. The first-order chi connectivity index (χ1) is 6.86. The van der Waals surface area contributed by atoms with E-state index in [-0.39, 0.29) is 21.1 Å². The number of aryl methyl sites for hydroxylation is 2. The molecule has 4 nitrogen and oxygen atoms in total. The van der Waals surface area contributed by atoms with E-state index in [4.69, 9.17) is 0 Å². The Labute approximate surface area is 105 Å². The molecule has 0 aliphatic heterocycles. The third kappa shape index (κ3) is 5.53. The van der Waals surface area contributed by atoms with Crippen LogP contribution in [0.2, 0.25) is 0 Å². The zero-order chi connectivity index (χ0) is 10.2. The maximum Gasteiger partial charge on any atom is 0.0945 e. The summed E-state index contributed by atoms with van der Waals surface area (Å²) in [5.74, 6) is 0. The molecule has 0 saturated heterocycles. The third-order valence-electron chi connectivity index (χ3n) is 1.85. The predicted octanol–water partition coefficient (Wildman–Crippen LogP) is 1.80. The minimum Gasteiger partial charge on any atom is -0.338 e. The van der Waals surface area contributed by atoms with E-state index in [1.165, 1.54) is 0 Å². The summed E-state index contributed by atoms with van der Waals surface area (Å²) in [6.45, 7) is 6.20. The number of hydrogen-bond donors (Lipinski definition) is 0. The maximum absolute atomic E-state index is 3.86. The average molecular weight is 387 g/mol.